The van der Waals surface area contributed by atoms with Gasteiger partial charge >= 0.3 is 5.97 Å². The minimum absolute atomic E-state index is 0.239. The van der Waals surface area contributed by atoms with Crippen LogP contribution in [-0.4, -0.2) is 64.4 Å². The lowest BCUT2D eigenvalue weighted by molar-refractivity contribution is -0.156. The van der Waals surface area contributed by atoms with E-state index in [9.17, 15) is 4.79 Å². The molecule has 0 aliphatic heterocycles. The van der Waals surface area contributed by atoms with E-state index >= 15 is 0 Å². The molecule has 0 N–H and O–H groups in total. The minimum Gasteiger partial charge on any atom is -0.460 e. The average molecular weight is 419 g/mol. The van der Waals surface area contributed by atoms with E-state index < -0.39 is 5.60 Å². The number of rotatable bonds is 21. The largest absolute Gasteiger partial charge is 0.460 e. The zero-order valence-corrected chi connectivity index (χ0v) is 19.5. The Labute approximate surface area is 178 Å². The summed E-state index contributed by atoms with van der Waals surface area (Å²) in [6.07, 6.45) is 10.8. The van der Waals surface area contributed by atoms with E-state index in [0.717, 1.165) is 13.0 Å². The molecule has 0 aliphatic carbocycles. The molecule has 6 nitrogen and oxygen atoms in total. The summed E-state index contributed by atoms with van der Waals surface area (Å²) < 4.78 is 27.0. The quantitative estimate of drug-likeness (QED) is 0.195. The molecule has 0 fully saturated rings. The summed E-state index contributed by atoms with van der Waals surface area (Å²) in [6.45, 7) is 12.3. The van der Waals surface area contributed by atoms with Gasteiger partial charge in [0.2, 0.25) is 0 Å². The fourth-order valence-corrected chi connectivity index (χ4v) is 2.65. The van der Waals surface area contributed by atoms with E-state index in [0.29, 0.717) is 46.2 Å². The van der Waals surface area contributed by atoms with Gasteiger partial charge in [0, 0.05) is 6.61 Å². The van der Waals surface area contributed by atoms with Crippen molar-refractivity contribution in [3.63, 3.8) is 0 Å². The second-order valence-electron chi connectivity index (χ2n) is 8.26. The van der Waals surface area contributed by atoms with Crippen LogP contribution >= 0.6 is 0 Å². The van der Waals surface area contributed by atoms with Gasteiger partial charge in [-0.15, -0.1) is 0 Å². The van der Waals surface area contributed by atoms with Crippen LogP contribution in [-0.2, 0) is 28.5 Å². The van der Waals surface area contributed by atoms with Crippen LogP contribution in [0.4, 0.5) is 0 Å². The fraction of sp³-hybridized carbons (Fsp3) is 0.957. The van der Waals surface area contributed by atoms with Gasteiger partial charge in [-0.3, -0.25) is 4.79 Å². The summed E-state index contributed by atoms with van der Waals surface area (Å²) >= 11 is 0. The molecule has 0 aromatic rings. The van der Waals surface area contributed by atoms with Crippen molar-refractivity contribution in [1.29, 1.82) is 0 Å². The summed E-state index contributed by atoms with van der Waals surface area (Å²) in [5.74, 6) is -0.239. The third-order valence-electron chi connectivity index (χ3n) is 4.13. The lowest BCUT2D eigenvalue weighted by atomic mass is 10.1. The number of hydrogen-bond acceptors (Lipinski definition) is 6. The molecule has 0 aromatic carbocycles. The molecular formula is C23H46O6. The summed E-state index contributed by atoms with van der Waals surface area (Å²) in [4.78, 5) is 11.5. The lowest BCUT2D eigenvalue weighted by Crippen LogP contribution is -2.24. The van der Waals surface area contributed by atoms with Gasteiger partial charge in [0.25, 0.3) is 0 Å². The van der Waals surface area contributed by atoms with Crippen LogP contribution < -0.4 is 0 Å². The molecule has 0 rings (SSSR count). The standard InChI is InChI=1S/C23H46O6/c1-5-6-7-8-9-10-11-12-14-25-16-18-27-20-21-28-19-17-26-15-13-22(24)29-23(2,3)4/h5-21H2,1-4H3. The van der Waals surface area contributed by atoms with Crippen LogP contribution in [0.5, 0.6) is 0 Å². The third-order valence-corrected chi connectivity index (χ3v) is 4.13. The highest BCUT2D eigenvalue weighted by Gasteiger charge is 2.15. The molecule has 0 saturated heterocycles. The van der Waals surface area contributed by atoms with Gasteiger partial charge in [0.1, 0.15) is 5.60 Å². The zero-order valence-electron chi connectivity index (χ0n) is 19.5. The van der Waals surface area contributed by atoms with Crippen LogP contribution in [0, 0.1) is 0 Å². The summed E-state index contributed by atoms with van der Waals surface area (Å²) in [6, 6.07) is 0. The van der Waals surface area contributed by atoms with Gasteiger partial charge in [-0.25, -0.2) is 0 Å². The Hall–Kier alpha value is -0.690. The van der Waals surface area contributed by atoms with E-state index in [2.05, 4.69) is 6.92 Å². The molecule has 0 saturated carbocycles. The minimum atomic E-state index is -0.446. The monoisotopic (exact) mass is 418 g/mol. The molecular weight excluding hydrogens is 372 g/mol. The highest BCUT2D eigenvalue weighted by Crippen LogP contribution is 2.09. The molecule has 0 radical (unpaired) electrons. The number of esters is 1. The van der Waals surface area contributed by atoms with Crippen molar-refractivity contribution in [2.45, 2.75) is 91.1 Å². The summed E-state index contributed by atoms with van der Waals surface area (Å²) in [5.41, 5.74) is -0.446. The van der Waals surface area contributed by atoms with E-state index in [1.165, 1.54) is 44.9 Å². The average Bonchev–Trinajstić information content (AvgIpc) is 2.65. The summed E-state index contributed by atoms with van der Waals surface area (Å²) in [5, 5.41) is 0. The SMILES string of the molecule is CCCCCCCCCCOCCOCCOCCOCCC(=O)OC(C)(C)C. The van der Waals surface area contributed by atoms with E-state index in [4.69, 9.17) is 23.7 Å². The Kier molecular flexibility index (Phi) is 20.1. The molecule has 6 heteroatoms. The van der Waals surface area contributed by atoms with Crippen molar-refractivity contribution in [2.24, 2.45) is 0 Å². The first-order chi connectivity index (χ1) is 14.0. The maximum atomic E-state index is 11.5. The molecule has 0 bridgehead atoms. The first kappa shape index (κ1) is 28.3. The smallest absolute Gasteiger partial charge is 0.308 e. The Morgan fingerprint density at radius 1 is 0.586 bits per heavy atom. The van der Waals surface area contributed by atoms with Crippen molar-refractivity contribution >= 4 is 5.97 Å². The molecule has 0 amide bonds. The first-order valence-electron chi connectivity index (χ1n) is 11.5. The molecule has 0 spiro atoms. The van der Waals surface area contributed by atoms with Gasteiger partial charge in [-0.2, -0.15) is 0 Å². The summed E-state index contributed by atoms with van der Waals surface area (Å²) in [7, 11) is 0. The van der Waals surface area contributed by atoms with Crippen LogP contribution in [0.15, 0.2) is 0 Å². The predicted octanol–water partition coefficient (Wildman–Crippen LogP) is 4.93. The van der Waals surface area contributed by atoms with Gasteiger partial charge in [-0.05, 0) is 27.2 Å². The second-order valence-corrected chi connectivity index (χ2v) is 8.26. The van der Waals surface area contributed by atoms with Crippen LogP contribution in [0.25, 0.3) is 0 Å². The van der Waals surface area contributed by atoms with Gasteiger partial charge < -0.3 is 23.7 Å². The van der Waals surface area contributed by atoms with E-state index in [1.807, 2.05) is 20.8 Å². The lowest BCUT2D eigenvalue weighted by Gasteiger charge is -2.19. The number of ether oxygens (including phenoxy) is 5. The van der Waals surface area contributed by atoms with E-state index in [1.54, 1.807) is 0 Å². The van der Waals surface area contributed by atoms with Crippen molar-refractivity contribution in [3.05, 3.63) is 0 Å². The van der Waals surface area contributed by atoms with Crippen molar-refractivity contribution in [3.8, 4) is 0 Å². The normalized spacial score (nSPS) is 11.7. The highest BCUT2D eigenvalue weighted by atomic mass is 16.6. The van der Waals surface area contributed by atoms with Crippen LogP contribution in [0.2, 0.25) is 0 Å². The van der Waals surface area contributed by atoms with Crippen molar-refractivity contribution in [2.75, 3.05) is 52.9 Å². The number of carbonyl (C=O) groups is 1. The maximum absolute atomic E-state index is 11.5. The first-order valence-corrected chi connectivity index (χ1v) is 11.5. The van der Waals surface area contributed by atoms with E-state index in [-0.39, 0.29) is 12.4 Å². The molecule has 29 heavy (non-hydrogen) atoms. The van der Waals surface area contributed by atoms with Gasteiger partial charge in [-0.1, -0.05) is 51.9 Å². The number of unbranched alkanes of at least 4 members (excludes halogenated alkanes) is 7. The molecule has 0 aliphatic rings. The Bertz CT molecular complexity index is 354. The highest BCUT2D eigenvalue weighted by molar-refractivity contribution is 5.69. The Balaban J connectivity index is 3.11. The second kappa shape index (κ2) is 20.6. The van der Waals surface area contributed by atoms with Crippen molar-refractivity contribution < 1.29 is 28.5 Å². The molecule has 0 atom stereocenters. The fourth-order valence-electron chi connectivity index (χ4n) is 2.65. The topological polar surface area (TPSA) is 63.2 Å². The molecule has 174 valence electrons. The number of carbonyl (C=O) groups excluding carboxylic acids is 1. The molecule has 0 aromatic heterocycles. The van der Waals surface area contributed by atoms with Gasteiger partial charge in [0.05, 0.1) is 52.7 Å². The van der Waals surface area contributed by atoms with Crippen molar-refractivity contribution in [1.82, 2.24) is 0 Å². The Morgan fingerprint density at radius 3 is 1.48 bits per heavy atom. The maximum Gasteiger partial charge on any atom is 0.308 e. The van der Waals surface area contributed by atoms with Crippen LogP contribution in [0.3, 0.4) is 0 Å². The predicted molar refractivity (Wildman–Crippen MR) is 116 cm³/mol. The molecule has 0 unspecified atom stereocenters. The van der Waals surface area contributed by atoms with Crippen LogP contribution in [0.1, 0.15) is 85.5 Å². The third kappa shape index (κ3) is 25.3. The van der Waals surface area contributed by atoms with Gasteiger partial charge in [0.15, 0.2) is 0 Å². The Morgan fingerprint density at radius 2 is 1.00 bits per heavy atom. The molecule has 0 heterocycles. The number of hydrogen-bond donors (Lipinski definition) is 0. The zero-order chi connectivity index (χ0) is 21.6.